The van der Waals surface area contributed by atoms with Crippen molar-refractivity contribution in [3.05, 3.63) is 33.3 Å². The van der Waals surface area contributed by atoms with Crippen molar-refractivity contribution in [1.29, 1.82) is 0 Å². The van der Waals surface area contributed by atoms with Gasteiger partial charge in [-0.3, -0.25) is 0 Å². The number of halogens is 2. The van der Waals surface area contributed by atoms with E-state index in [0.717, 1.165) is 10.0 Å². The van der Waals surface area contributed by atoms with Gasteiger partial charge in [0.1, 0.15) is 0 Å². The van der Waals surface area contributed by atoms with Crippen molar-refractivity contribution in [2.24, 2.45) is 0 Å². The monoisotopic (exact) mass is 293 g/mol. The van der Waals surface area contributed by atoms with Crippen LogP contribution in [0.25, 0.3) is 0 Å². The zero-order valence-electron chi connectivity index (χ0n) is 8.08. The highest BCUT2D eigenvalue weighted by Gasteiger charge is 2.02. The topological polar surface area (TPSA) is 52.5 Å². The van der Waals surface area contributed by atoms with E-state index in [1.807, 2.05) is 18.2 Å². The third-order valence-corrected chi connectivity index (χ3v) is 3.14. The van der Waals surface area contributed by atoms with Gasteiger partial charge in [-0.1, -0.05) is 17.7 Å². The van der Waals surface area contributed by atoms with E-state index in [9.17, 15) is 0 Å². The van der Waals surface area contributed by atoms with E-state index in [2.05, 4.69) is 21.2 Å². The van der Waals surface area contributed by atoms with Crippen LogP contribution in [0.5, 0.6) is 0 Å². The van der Waals surface area contributed by atoms with Crippen molar-refractivity contribution in [3.8, 4) is 0 Å². The molecule has 1 atom stereocenters. The van der Waals surface area contributed by atoms with Crippen LogP contribution in [-0.4, -0.2) is 29.5 Å². The van der Waals surface area contributed by atoms with E-state index < -0.39 is 6.10 Å². The Morgan fingerprint density at radius 1 is 1.47 bits per heavy atom. The van der Waals surface area contributed by atoms with Gasteiger partial charge in [0, 0.05) is 17.6 Å². The highest BCUT2D eigenvalue weighted by atomic mass is 79.9. The van der Waals surface area contributed by atoms with Crippen molar-refractivity contribution >= 4 is 27.5 Å². The third-order valence-electron chi connectivity index (χ3n) is 1.90. The maximum atomic E-state index is 9.09. The smallest absolute Gasteiger partial charge is 0.0895 e. The van der Waals surface area contributed by atoms with Crippen LogP contribution in [0.3, 0.4) is 0 Å². The molecular formula is C10H13BrClNO2. The van der Waals surface area contributed by atoms with Gasteiger partial charge in [0.15, 0.2) is 0 Å². The van der Waals surface area contributed by atoms with Gasteiger partial charge in [-0.15, -0.1) is 0 Å². The summed E-state index contributed by atoms with van der Waals surface area (Å²) in [5.41, 5.74) is 1.04. The second-order valence-electron chi connectivity index (χ2n) is 3.22. The summed E-state index contributed by atoms with van der Waals surface area (Å²) >= 11 is 9.23. The molecule has 1 rings (SSSR count). The van der Waals surface area contributed by atoms with E-state index in [4.69, 9.17) is 21.8 Å². The third kappa shape index (κ3) is 4.49. The van der Waals surface area contributed by atoms with Gasteiger partial charge in [0.2, 0.25) is 0 Å². The lowest BCUT2D eigenvalue weighted by Gasteiger charge is -2.09. The van der Waals surface area contributed by atoms with Crippen LogP contribution >= 0.6 is 27.5 Å². The highest BCUT2D eigenvalue weighted by molar-refractivity contribution is 9.10. The second-order valence-corrected chi connectivity index (χ2v) is 4.48. The number of aliphatic hydroxyl groups is 2. The van der Waals surface area contributed by atoms with Crippen molar-refractivity contribution in [3.63, 3.8) is 0 Å². The summed E-state index contributed by atoms with van der Waals surface area (Å²) in [6, 6.07) is 5.67. The minimum absolute atomic E-state index is 0.228. The maximum absolute atomic E-state index is 9.09. The Balaban J connectivity index is 2.41. The molecule has 5 heteroatoms. The molecule has 0 saturated carbocycles. The van der Waals surface area contributed by atoms with Crippen LogP contribution in [0.1, 0.15) is 5.56 Å². The van der Waals surface area contributed by atoms with Crippen molar-refractivity contribution in [1.82, 2.24) is 5.32 Å². The molecule has 0 heterocycles. The summed E-state index contributed by atoms with van der Waals surface area (Å²) in [5.74, 6) is 0. The molecule has 0 amide bonds. The van der Waals surface area contributed by atoms with Gasteiger partial charge in [0.25, 0.3) is 0 Å². The molecule has 0 aliphatic carbocycles. The predicted octanol–water partition coefficient (Wildman–Crippen LogP) is 1.55. The molecule has 0 aliphatic rings. The lowest BCUT2D eigenvalue weighted by molar-refractivity contribution is 0.0942. The van der Waals surface area contributed by atoms with E-state index in [0.29, 0.717) is 18.1 Å². The number of hydrogen-bond acceptors (Lipinski definition) is 3. The first-order chi connectivity index (χ1) is 7.13. The number of hydrogen-bond donors (Lipinski definition) is 3. The Labute approximate surface area is 102 Å². The molecule has 3 N–H and O–H groups in total. The Hall–Kier alpha value is -0.130. The van der Waals surface area contributed by atoms with Crippen LogP contribution in [0.2, 0.25) is 5.02 Å². The molecule has 84 valence electrons. The van der Waals surface area contributed by atoms with Crippen LogP contribution in [0.4, 0.5) is 0 Å². The molecule has 15 heavy (non-hydrogen) atoms. The van der Waals surface area contributed by atoms with Gasteiger partial charge in [-0.05, 0) is 33.6 Å². The predicted molar refractivity (Wildman–Crippen MR) is 64.0 cm³/mol. The summed E-state index contributed by atoms with van der Waals surface area (Å²) in [5, 5.41) is 21.4. The molecule has 3 nitrogen and oxygen atoms in total. The molecule has 0 aromatic heterocycles. The summed E-state index contributed by atoms with van der Waals surface area (Å²) in [6.07, 6.45) is -0.712. The average Bonchev–Trinajstić information content (AvgIpc) is 2.23. The van der Waals surface area contributed by atoms with Crippen molar-refractivity contribution in [2.75, 3.05) is 13.2 Å². The minimum Gasteiger partial charge on any atom is -0.394 e. The number of benzene rings is 1. The zero-order chi connectivity index (χ0) is 11.3. The molecule has 0 bridgehead atoms. The lowest BCUT2D eigenvalue weighted by Crippen LogP contribution is -2.28. The Kier molecular flexibility index (Phi) is 5.56. The molecule has 1 unspecified atom stereocenters. The van der Waals surface area contributed by atoms with E-state index in [1.54, 1.807) is 0 Å². The van der Waals surface area contributed by atoms with Crippen LogP contribution < -0.4 is 5.32 Å². The molecule has 0 radical (unpaired) electrons. The summed E-state index contributed by atoms with van der Waals surface area (Å²) in [6.45, 7) is 0.752. The molecular weight excluding hydrogens is 281 g/mol. The molecule has 0 aliphatic heterocycles. The van der Waals surface area contributed by atoms with Gasteiger partial charge in [0.05, 0.1) is 17.7 Å². The summed E-state index contributed by atoms with van der Waals surface area (Å²) in [7, 11) is 0. The van der Waals surface area contributed by atoms with Crippen LogP contribution in [0, 0.1) is 0 Å². The van der Waals surface area contributed by atoms with E-state index >= 15 is 0 Å². The lowest BCUT2D eigenvalue weighted by atomic mass is 10.2. The van der Waals surface area contributed by atoms with E-state index in [-0.39, 0.29) is 6.61 Å². The number of aliphatic hydroxyl groups excluding tert-OH is 2. The van der Waals surface area contributed by atoms with Crippen molar-refractivity contribution < 1.29 is 10.2 Å². The van der Waals surface area contributed by atoms with Gasteiger partial charge < -0.3 is 15.5 Å². The zero-order valence-corrected chi connectivity index (χ0v) is 10.4. The van der Waals surface area contributed by atoms with Gasteiger partial charge >= 0.3 is 0 Å². The summed E-state index contributed by atoms with van der Waals surface area (Å²) in [4.78, 5) is 0. The number of rotatable bonds is 5. The Morgan fingerprint density at radius 3 is 2.80 bits per heavy atom. The fourth-order valence-corrected chi connectivity index (χ4v) is 1.55. The van der Waals surface area contributed by atoms with E-state index in [1.165, 1.54) is 0 Å². The van der Waals surface area contributed by atoms with Gasteiger partial charge in [-0.25, -0.2) is 0 Å². The molecule has 0 saturated heterocycles. The first-order valence-electron chi connectivity index (χ1n) is 4.57. The first-order valence-corrected chi connectivity index (χ1v) is 5.74. The molecule has 1 aromatic carbocycles. The van der Waals surface area contributed by atoms with Crippen LogP contribution in [0.15, 0.2) is 22.7 Å². The second kappa shape index (κ2) is 6.45. The number of nitrogens with one attached hydrogen (secondary N) is 1. The largest absolute Gasteiger partial charge is 0.394 e. The fourth-order valence-electron chi connectivity index (χ4n) is 1.10. The SMILES string of the molecule is OCC(O)CNCc1ccc(Br)c(Cl)c1. The normalized spacial score (nSPS) is 12.8. The van der Waals surface area contributed by atoms with Crippen molar-refractivity contribution in [2.45, 2.75) is 12.6 Å². The maximum Gasteiger partial charge on any atom is 0.0895 e. The fraction of sp³-hybridized carbons (Fsp3) is 0.400. The summed E-state index contributed by atoms with van der Waals surface area (Å²) < 4.78 is 0.864. The first kappa shape index (κ1) is 12.9. The standard InChI is InChI=1S/C10H13BrClNO2/c11-9-2-1-7(3-10(9)12)4-13-5-8(15)6-14/h1-3,8,13-15H,4-6H2. The molecule has 0 spiro atoms. The minimum atomic E-state index is -0.712. The quantitative estimate of drug-likeness (QED) is 0.772. The average molecular weight is 295 g/mol. The Bertz CT molecular complexity index is 322. The molecule has 0 fully saturated rings. The van der Waals surface area contributed by atoms with Crippen LogP contribution in [-0.2, 0) is 6.54 Å². The molecule has 1 aromatic rings. The Morgan fingerprint density at radius 2 is 2.20 bits per heavy atom. The highest BCUT2D eigenvalue weighted by Crippen LogP contribution is 2.22. The van der Waals surface area contributed by atoms with Gasteiger partial charge in [-0.2, -0.15) is 0 Å².